The van der Waals surface area contributed by atoms with Gasteiger partial charge in [-0.1, -0.05) is 30.3 Å². The van der Waals surface area contributed by atoms with E-state index >= 15 is 0 Å². The van der Waals surface area contributed by atoms with Crippen LogP contribution in [0.3, 0.4) is 0 Å². The molecule has 0 saturated carbocycles. The number of aldehydes is 1. The van der Waals surface area contributed by atoms with Crippen LogP contribution in [0.4, 0.5) is 26.3 Å². The van der Waals surface area contributed by atoms with E-state index in [-0.39, 0.29) is 0 Å². The van der Waals surface area contributed by atoms with Crippen LogP contribution in [-0.2, 0) is 10.7 Å². The smallest absolute Gasteiger partial charge is 0.298 e. The number of halogens is 6. The van der Waals surface area contributed by atoms with Crippen LogP contribution in [0.15, 0.2) is 41.7 Å². The summed E-state index contributed by atoms with van der Waals surface area (Å²) in [5.41, 5.74) is -3.48. The Kier molecular flexibility index (Phi) is 3.83. The Hall–Kier alpha value is -1.79. The summed E-state index contributed by atoms with van der Waals surface area (Å²) in [5.74, 6) is -7.32. The molecule has 98 valence electrons. The molecule has 0 unspecified atom stereocenters. The normalized spacial score (nSPS) is 14.1. The summed E-state index contributed by atoms with van der Waals surface area (Å²) in [5, 5.41) is 0. The zero-order chi connectivity index (χ0) is 14.0. The van der Waals surface area contributed by atoms with Gasteiger partial charge < -0.3 is 0 Å². The Labute approximate surface area is 97.7 Å². The molecule has 0 aliphatic heterocycles. The molecule has 1 nitrogen and oxygen atoms in total. The summed E-state index contributed by atoms with van der Waals surface area (Å²) in [6.45, 7) is 0. The van der Waals surface area contributed by atoms with Crippen molar-refractivity contribution in [1.29, 1.82) is 0 Å². The maximum atomic E-state index is 13.4. The molecule has 7 heteroatoms. The van der Waals surface area contributed by atoms with Crippen LogP contribution >= 0.6 is 0 Å². The van der Waals surface area contributed by atoms with Gasteiger partial charge in [-0.3, -0.25) is 4.79 Å². The Morgan fingerprint density at radius 3 is 1.89 bits per heavy atom. The summed E-state index contributed by atoms with van der Waals surface area (Å²) >= 11 is 0. The van der Waals surface area contributed by atoms with Crippen molar-refractivity contribution in [2.45, 2.75) is 12.1 Å². The van der Waals surface area contributed by atoms with Gasteiger partial charge in [0, 0.05) is 5.56 Å². The van der Waals surface area contributed by atoms with E-state index in [2.05, 4.69) is 0 Å². The molecule has 1 aromatic rings. The van der Waals surface area contributed by atoms with E-state index in [0.717, 1.165) is 24.3 Å². The predicted molar refractivity (Wildman–Crippen MR) is 50.6 cm³/mol. The molecule has 0 heterocycles. The van der Waals surface area contributed by atoms with Crippen LogP contribution in [0.25, 0.3) is 0 Å². The SMILES string of the molecule is O=CC(=C(F)C(F)(F)c1ccccc1)C(F)(F)F. The quantitative estimate of drug-likeness (QED) is 0.463. The van der Waals surface area contributed by atoms with Crippen molar-refractivity contribution >= 4 is 6.29 Å². The van der Waals surface area contributed by atoms with Crippen molar-refractivity contribution in [2.75, 3.05) is 0 Å². The lowest BCUT2D eigenvalue weighted by Gasteiger charge is -2.17. The lowest BCUT2D eigenvalue weighted by Crippen LogP contribution is -2.23. The van der Waals surface area contributed by atoms with Crippen molar-refractivity contribution in [1.82, 2.24) is 0 Å². The first-order chi connectivity index (χ1) is 8.21. The molecular formula is C11H6F6O. The summed E-state index contributed by atoms with van der Waals surface area (Å²) in [6.07, 6.45) is -6.43. The lowest BCUT2D eigenvalue weighted by molar-refractivity contribution is -0.122. The lowest BCUT2D eigenvalue weighted by atomic mass is 10.0. The van der Waals surface area contributed by atoms with E-state index in [1.54, 1.807) is 0 Å². The van der Waals surface area contributed by atoms with Gasteiger partial charge in [0.25, 0.3) is 0 Å². The standard InChI is InChI=1S/C11H6F6O/c12-9(8(6-18)11(15,16)17)10(13,14)7-4-2-1-3-5-7/h1-6H. The summed E-state index contributed by atoms with van der Waals surface area (Å²) in [4.78, 5) is 10.1. The molecule has 0 aromatic heterocycles. The third-order valence-electron chi connectivity index (χ3n) is 2.07. The van der Waals surface area contributed by atoms with Gasteiger partial charge in [0.15, 0.2) is 12.1 Å². The summed E-state index contributed by atoms with van der Waals surface area (Å²) < 4.78 is 76.5. The van der Waals surface area contributed by atoms with Crippen LogP contribution in [0.1, 0.15) is 5.56 Å². The number of hydrogen-bond acceptors (Lipinski definition) is 1. The van der Waals surface area contributed by atoms with Crippen molar-refractivity contribution in [2.24, 2.45) is 0 Å². The predicted octanol–water partition coefficient (Wildman–Crippen LogP) is 3.76. The molecule has 0 aliphatic carbocycles. The van der Waals surface area contributed by atoms with E-state index in [4.69, 9.17) is 0 Å². The van der Waals surface area contributed by atoms with Crippen LogP contribution < -0.4 is 0 Å². The van der Waals surface area contributed by atoms with E-state index in [9.17, 15) is 31.1 Å². The van der Waals surface area contributed by atoms with Gasteiger partial charge in [0.05, 0.1) is 0 Å². The van der Waals surface area contributed by atoms with Crippen molar-refractivity contribution in [3.05, 3.63) is 47.3 Å². The highest BCUT2D eigenvalue weighted by Gasteiger charge is 2.47. The molecule has 0 atom stereocenters. The van der Waals surface area contributed by atoms with E-state index in [1.807, 2.05) is 0 Å². The van der Waals surface area contributed by atoms with Gasteiger partial charge in [-0.25, -0.2) is 4.39 Å². The molecule has 0 bridgehead atoms. The molecule has 1 aromatic carbocycles. The zero-order valence-electron chi connectivity index (χ0n) is 8.64. The fraction of sp³-hybridized carbons (Fsp3) is 0.182. The molecule has 0 spiro atoms. The highest BCUT2D eigenvalue weighted by molar-refractivity contribution is 5.76. The van der Waals surface area contributed by atoms with E-state index in [1.165, 1.54) is 6.07 Å². The minimum Gasteiger partial charge on any atom is -0.298 e. The Bertz CT molecular complexity index is 460. The Balaban J connectivity index is 3.35. The molecule has 0 aliphatic rings. The molecular weight excluding hydrogens is 262 g/mol. The molecule has 1 rings (SSSR count). The van der Waals surface area contributed by atoms with Gasteiger partial charge in [-0.15, -0.1) is 0 Å². The second kappa shape index (κ2) is 4.83. The van der Waals surface area contributed by atoms with Crippen LogP contribution in [-0.4, -0.2) is 12.5 Å². The fourth-order valence-electron chi connectivity index (χ4n) is 1.19. The van der Waals surface area contributed by atoms with Gasteiger partial charge >= 0.3 is 12.1 Å². The first kappa shape index (κ1) is 14.3. The van der Waals surface area contributed by atoms with Gasteiger partial charge in [0.2, 0.25) is 0 Å². The summed E-state index contributed by atoms with van der Waals surface area (Å²) in [6, 6.07) is 5.09. The number of benzene rings is 1. The number of carbonyl (C=O) groups excluding carboxylic acids is 1. The maximum absolute atomic E-state index is 13.4. The highest BCUT2D eigenvalue weighted by Crippen LogP contribution is 2.41. The Morgan fingerprint density at radius 2 is 1.50 bits per heavy atom. The number of alkyl halides is 5. The Morgan fingerprint density at radius 1 is 1.00 bits per heavy atom. The third-order valence-corrected chi connectivity index (χ3v) is 2.07. The molecule has 0 N–H and O–H groups in total. The van der Waals surface area contributed by atoms with Crippen molar-refractivity contribution in [3.8, 4) is 0 Å². The number of rotatable bonds is 3. The van der Waals surface area contributed by atoms with Crippen LogP contribution in [0.5, 0.6) is 0 Å². The van der Waals surface area contributed by atoms with Crippen LogP contribution in [0.2, 0.25) is 0 Å². The minimum atomic E-state index is -5.47. The average Bonchev–Trinajstić information content (AvgIpc) is 2.29. The van der Waals surface area contributed by atoms with Gasteiger partial charge in [-0.2, -0.15) is 22.0 Å². The average molecular weight is 268 g/mol. The zero-order valence-corrected chi connectivity index (χ0v) is 8.64. The van der Waals surface area contributed by atoms with Crippen molar-refractivity contribution in [3.63, 3.8) is 0 Å². The fourth-order valence-corrected chi connectivity index (χ4v) is 1.19. The monoisotopic (exact) mass is 268 g/mol. The minimum absolute atomic E-state index is 0.762. The molecule has 0 saturated heterocycles. The molecule has 0 amide bonds. The molecule has 18 heavy (non-hydrogen) atoms. The first-order valence-electron chi connectivity index (χ1n) is 4.57. The maximum Gasteiger partial charge on any atom is 0.422 e. The molecule has 0 radical (unpaired) electrons. The van der Waals surface area contributed by atoms with E-state index < -0.39 is 35.3 Å². The van der Waals surface area contributed by atoms with E-state index in [0.29, 0.717) is 0 Å². The number of carbonyl (C=O) groups is 1. The van der Waals surface area contributed by atoms with Crippen LogP contribution in [0, 0.1) is 0 Å². The molecule has 0 fully saturated rings. The first-order valence-corrected chi connectivity index (χ1v) is 4.57. The number of allylic oxidation sites excluding steroid dienone is 2. The second-order valence-electron chi connectivity index (χ2n) is 3.28. The second-order valence-corrected chi connectivity index (χ2v) is 3.28. The largest absolute Gasteiger partial charge is 0.422 e. The number of hydrogen-bond donors (Lipinski definition) is 0. The van der Waals surface area contributed by atoms with Gasteiger partial charge in [0.1, 0.15) is 5.57 Å². The summed E-state index contributed by atoms with van der Waals surface area (Å²) in [7, 11) is 0. The third kappa shape index (κ3) is 2.72. The van der Waals surface area contributed by atoms with Gasteiger partial charge in [-0.05, 0) is 0 Å². The van der Waals surface area contributed by atoms with Crippen molar-refractivity contribution < 1.29 is 31.1 Å². The highest BCUT2D eigenvalue weighted by atomic mass is 19.4. The topological polar surface area (TPSA) is 17.1 Å².